The molecule has 1 unspecified atom stereocenters. The molecule has 0 amide bonds. The molecule has 0 saturated carbocycles. The highest BCUT2D eigenvalue weighted by atomic mass is 79.9. The van der Waals surface area contributed by atoms with Crippen LogP contribution >= 0.6 is 15.9 Å². The Labute approximate surface area is 128 Å². The van der Waals surface area contributed by atoms with Crippen LogP contribution in [0.25, 0.3) is 0 Å². The minimum absolute atomic E-state index is 0.0189. The predicted molar refractivity (Wildman–Crippen MR) is 84.2 cm³/mol. The van der Waals surface area contributed by atoms with Crippen molar-refractivity contribution in [1.29, 1.82) is 0 Å². The first-order valence-corrected chi connectivity index (χ1v) is 7.42. The normalized spacial score (nSPS) is 12.7. The highest BCUT2D eigenvalue weighted by Gasteiger charge is 2.24. The van der Waals surface area contributed by atoms with Gasteiger partial charge in [0.15, 0.2) is 5.75 Å². The summed E-state index contributed by atoms with van der Waals surface area (Å²) in [5, 5.41) is 7.81. The highest BCUT2D eigenvalue weighted by Crippen LogP contribution is 2.34. The Hall–Kier alpha value is -1.33. The number of nitrogens with zero attached hydrogens (tertiary/aromatic N) is 2. The molecule has 108 valence electrons. The van der Waals surface area contributed by atoms with E-state index in [2.05, 4.69) is 46.3 Å². The average molecular weight is 338 g/mol. The Balaban J connectivity index is 2.57. The van der Waals surface area contributed by atoms with E-state index in [0.29, 0.717) is 0 Å². The fraction of sp³-hybridized carbons (Fsp3) is 0.400. The van der Waals surface area contributed by atoms with Crippen molar-refractivity contribution in [1.82, 2.24) is 15.1 Å². The molecule has 2 aromatic rings. The van der Waals surface area contributed by atoms with Gasteiger partial charge in [0.2, 0.25) is 0 Å². The molecule has 0 radical (unpaired) electrons. The van der Waals surface area contributed by atoms with Gasteiger partial charge in [-0.25, -0.2) is 0 Å². The van der Waals surface area contributed by atoms with Gasteiger partial charge in [0.1, 0.15) is 5.69 Å². The number of nitrogens with one attached hydrogen (secondary N) is 1. The fourth-order valence-corrected chi connectivity index (χ4v) is 2.86. The third kappa shape index (κ3) is 2.74. The van der Waals surface area contributed by atoms with E-state index in [0.717, 1.165) is 21.5 Å². The average Bonchev–Trinajstić information content (AvgIpc) is 2.86. The highest BCUT2D eigenvalue weighted by molar-refractivity contribution is 9.10. The molecule has 5 heteroatoms. The van der Waals surface area contributed by atoms with Gasteiger partial charge in [-0.15, -0.1) is 0 Å². The van der Waals surface area contributed by atoms with Crippen LogP contribution in [0.2, 0.25) is 0 Å². The van der Waals surface area contributed by atoms with Crippen LogP contribution in [-0.2, 0) is 0 Å². The number of benzene rings is 1. The summed E-state index contributed by atoms with van der Waals surface area (Å²) in [7, 11) is 3.62. The SMILES string of the molecule is CNC(c1ccccc1Br)c1c(OC)cnn1C(C)C. The van der Waals surface area contributed by atoms with Crippen LogP contribution in [0.3, 0.4) is 0 Å². The molecule has 0 saturated heterocycles. The molecule has 0 aliphatic heterocycles. The summed E-state index contributed by atoms with van der Waals surface area (Å²) in [6.45, 7) is 4.23. The van der Waals surface area contributed by atoms with Gasteiger partial charge in [0.25, 0.3) is 0 Å². The Morgan fingerprint density at radius 1 is 1.30 bits per heavy atom. The number of halogens is 1. The largest absolute Gasteiger partial charge is 0.493 e. The zero-order chi connectivity index (χ0) is 14.7. The zero-order valence-corrected chi connectivity index (χ0v) is 13.8. The third-order valence-corrected chi connectivity index (χ3v) is 4.01. The molecular weight excluding hydrogens is 318 g/mol. The molecular formula is C15H20BrN3O. The summed E-state index contributed by atoms with van der Waals surface area (Å²) in [5.41, 5.74) is 2.20. The van der Waals surface area contributed by atoms with E-state index < -0.39 is 0 Å². The van der Waals surface area contributed by atoms with E-state index in [1.54, 1.807) is 13.3 Å². The van der Waals surface area contributed by atoms with E-state index in [9.17, 15) is 0 Å². The summed E-state index contributed by atoms with van der Waals surface area (Å²) in [6.07, 6.45) is 1.77. The molecule has 1 atom stereocenters. The maximum Gasteiger partial charge on any atom is 0.161 e. The van der Waals surface area contributed by atoms with Crippen LogP contribution in [0.15, 0.2) is 34.9 Å². The molecule has 1 heterocycles. The minimum Gasteiger partial charge on any atom is -0.493 e. The van der Waals surface area contributed by atoms with Crippen molar-refractivity contribution >= 4 is 15.9 Å². The van der Waals surface area contributed by atoms with E-state index in [4.69, 9.17) is 4.74 Å². The lowest BCUT2D eigenvalue weighted by Crippen LogP contribution is -2.23. The minimum atomic E-state index is 0.0189. The molecule has 4 nitrogen and oxygen atoms in total. The number of rotatable bonds is 5. The smallest absolute Gasteiger partial charge is 0.161 e. The number of aromatic nitrogens is 2. The maximum atomic E-state index is 5.48. The van der Waals surface area contributed by atoms with Crippen molar-refractivity contribution in [2.24, 2.45) is 0 Å². The second kappa shape index (κ2) is 6.41. The molecule has 0 aliphatic carbocycles. The van der Waals surface area contributed by atoms with E-state index >= 15 is 0 Å². The molecule has 0 spiro atoms. The molecule has 20 heavy (non-hydrogen) atoms. The van der Waals surface area contributed by atoms with Crippen LogP contribution in [0.4, 0.5) is 0 Å². The second-order valence-corrected chi connectivity index (χ2v) is 5.73. The summed E-state index contributed by atoms with van der Waals surface area (Å²) in [5.74, 6) is 0.800. The Bertz CT molecular complexity index is 580. The maximum absolute atomic E-state index is 5.48. The molecule has 0 fully saturated rings. The van der Waals surface area contributed by atoms with Crippen molar-refractivity contribution in [3.05, 3.63) is 46.2 Å². The van der Waals surface area contributed by atoms with Gasteiger partial charge in [-0.3, -0.25) is 4.68 Å². The van der Waals surface area contributed by atoms with Crippen LogP contribution in [0, 0.1) is 0 Å². The van der Waals surface area contributed by atoms with E-state index in [-0.39, 0.29) is 12.1 Å². The first kappa shape index (κ1) is 15.1. The van der Waals surface area contributed by atoms with Crippen molar-refractivity contribution in [3.8, 4) is 5.75 Å². The topological polar surface area (TPSA) is 39.1 Å². The molecule has 1 aromatic carbocycles. The molecule has 0 bridgehead atoms. The van der Waals surface area contributed by atoms with Gasteiger partial charge in [-0.2, -0.15) is 5.10 Å². The Kier molecular flexibility index (Phi) is 4.83. The quantitative estimate of drug-likeness (QED) is 0.906. The lowest BCUT2D eigenvalue weighted by atomic mass is 10.0. The van der Waals surface area contributed by atoms with Crippen molar-refractivity contribution in [3.63, 3.8) is 0 Å². The third-order valence-electron chi connectivity index (χ3n) is 3.29. The first-order valence-electron chi connectivity index (χ1n) is 6.63. The fourth-order valence-electron chi connectivity index (χ4n) is 2.35. The number of hydrogen-bond acceptors (Lipinski definition) is 3. The van der Waals surface area contributed by atoms with Gasteiger partial charge in [-0.05, 0) is 32.5 Å². The number of hydrogen-bond donors (Lipinski definition) is 1. The van der Waals surface area contributed by atoms with E-state index in [1.165, 1.54) is 0 Å². The van der Waals surface area contributed by atoms with Gasteiger partial charge < -0.3 is 10.1 Å². The lowest BCUT2D eigenvalue weighted by Gasteiger charge is -2.22. The summed E-state index contributed by atoms with van der Waals surface area (Å²) >= 11 is 3.62. The van der Waals surface area contributed by atoms with E-state index in [1.807, 2.05) is 29.9 Å². The number of methoxy groups -OCH3 is 1. The standard InChI is InChI=1S/C15H20BrN3O/c1-10(2)19-15(13(20-4)9-18-19)14(17-3)11-7-5-6-8-12(11)16/h5-10,14,17H,1-4H3. The van der Waals surface area contributed by atoms with Crippen molar-refractivity contribution in [2.45, 2.75) is 25.9 Å². The molecule has 1 N–H and O–H groups in total. The monoisotopic (exact) mass is 337 g/mol. The number of ether oxygens (including phenoxy) is 1. The Morgan fingerprint density at radius 3 is 2.55 bits per heavy atom. The van der Waals surface area contributed by atoms with Crippen LogP contribution in [0.5, 0.6) is 5.75 Å². The van der Waals surface area contributed by atoms with Gasteiger partial charge in [0.05, 0.1) is 19.3 Å². The van der Waals surface area contributed by atoms with Gasteiger partial charge >= 0.3 is 0 Å². The second-order valence-electron chi connectivity index (χ2n) is 4.88. The Morgan fingerprint density at radius 2 is 2.00 bits per heavy atom. The lowest BCUT2D eigenvalue weighted by molar-refractivity contribution is 0.396. The summed E-state index contributed by atoms with van der Waals surface area (Å²) in [6, 6.07) is 8.48. The molecule has 2 rings (SSSR count). The zero-order valence-electron chi connectivity index (χ0n) is 12.2. The van der Waals surface area contributed by atoms with Gasteiger partial charge in [-0.1, -0.05) is 34.1 Å². The molecule has 1 aromatic heterocycles. The van der Waals surface area contributed by atoms with Crippen LogP contribution < -0.4 is 10.1 Å². The molecule has 0 aliphatic rings. The predicted octanol–water partition coefficient (Wildman–Crippen LogP) is 3.54. The van der Waals surface area contributed by atoms with Gasteiger partial charge in [0, 0.05) is 10.5 Å². The summed E-state index contributed by atoms with van der Waals surface area (Å²) in [4.78, 5) is 0. The van der Waals surface area contributed by atoms with Crippen LogP contribution in [0.1, 0.15) is 37.2 Å². The van der Waals surface area contributed by atoms with Crippen molar-refractivity contribution in [2.75, 3.05) is 14.2 Å². The summed E-state index contributed by atoms with van der Waals surface area (Å²) < 4.78 is 8.55. The van der Waals surface area contributed by atoms with Crippen LogP contribution in [-0.4, -0.2) is 23.9 Å². The van der Waals surface area contributed by atoms with Crippen molar-refractivity contribution < 1.29 is 4.74 Å². The first-order chi connectivity index (χ1) is 9.60.